The molecule has 2 aromatic rings. The molecule has 0 aromatic carbocycles. The number of nitrogens with zero attached hydrogens (tertiary/aromatic N) is 5. The molecular weight excluding hydrogens is 254 g/mol. The Labute approximate surface area is 118 Å². The van der Waals surface area contributed by atoms with Crippen LogP contribution in [0.2, 0.25) is 0 Å². The average molecular weight is 275 g/mol. The zero-order valence-corrected chi connectivity index (χ0v) is 12.1. The second kappa shape index (κ2) is 5.75. The van der Waals surface area contributed by atoms with Gasteiger partial charge in [-0.25, -0.2) is 4.98 Å². The molecule has 0 spiro atoms. The molecule has 2 heterocycles. The molecule has 1 fully saturated rings. The number of hydrogen-bond donors (Lipinski definition) is 0. The van der Waals surface area contributed by atoms with Crippen LogP contribution < -0.4 is 0 Å². The Morgan fingerprint density at radius 2 is 2.30 bits per heavy atom. The van der Waals surface area contributed by atoms with E-state index in [1.54, 1.807) is 0 Å². The van der Waals surface area contributed by atoms with Gasteiger partial charge in [-0.3, -0.25) is 4.90 Å². The fourth-order valence-corrected chi connectivity index (χ4v) is 2.40. The third-order valence-corrected chi connectivity index (χ3v) is 3.99. The van der Waals surface area contributed by atoms with Gasteiger partial charge in [0.25, 0.3) is 0 Å². The van der Waals surface area contributed by atoms with Crippen LogP contribution in [0.15, 0.2) is 16.9 Å². The van der Waals surface area contributed by atoms with E-state index in [4.69, 9.17) is 4.52 Å². The predicted octanol–water partition coefficient (Wildman–Crippen LogP) is 1.75. The van der Waals surface area contributed by atoms with E-state index < -0.39 is 0 Å². The first kappa shape index (κ1) is 13.3. The SMILES string of the molecule is CN(CCc1nccn1C)Cc1noc(C2CCC2)n1. The van der Waals surface area contributed by atoms with E-state index in [1.165, 1.54) is 19.3 Å². The molecule has 0 atom stereocenters. The first-order valence-electron chi connectivity index (χ1n) is 7.19. The highest BCUT2D eigenvalue weighted by molar-refractivity contribution is 4.98. The molecule has 0 bridgehead atoms. The molecular formula is C14H21N5O. The third kappa shape index (κ3) is 2.90. The van der Waals surface area contributed by atoms with E-state index in [9.17, 15) is 0 Å². The van der Waals surface area contributed by atoms with Crippen LogP contribution in [-0.4, -0.2) is 38.2 Å². The summed E-state index contributed by atoms with van der Waals surface area (Å²) in [6, 6.07) is 0. The molecule has 1 aliphatic carbocycles. The summed E-state index contributed by atoms with van der Waals surface area (Å²) in [4.78, 5) is 11.0. The lowest BCUT2D eigenvalue weighted by Crippen LogP contribution is -2.22. The summed E-state index contributed by atoms with van der Waals surface area (Å²) in [6.07, 6.45) is 8.39. The van der Waals surface area contributed by atoms with Gasteiger partial charge in [-0.15, -0.1) is 0 Å². The van der Waals surface area contributed by atoms with Gasteiger partial charge in [-0.1, -0.05) is 11.6 Å². The zero-order valence-electron chi connectivity index (χ0n) is 12.1. The molecule has 1 saturated carbocycles. The maximum atomic E-state index is 5.33. The van der Waals surface area contributed by atoms with Crippen molar-refractivity contribution in [3.8, 4) is 0 Å². The molecule has 0 saturated heterocycles. The van der Waals surface area contributed by atoms with Crippen LogP contribution in [0.1, 0.15) is 42.7 Å². The summed E-state index contributed by atoms with van der Waals surface area (Å²) in [5.41, 5.74) is 0. The van der Waals surface area contributed by atoms with E-state index in [1.807, 2.05) is 19.4 Å². The van der Waals surface area contributed by atoms with Crippen LogP contribution in [0.5, 0.6) is 0 Å². The molecule has 2 aromatic heterocycles. The normalized spacial score (nSPS) is 15.8. The molecule has 108 valence electrons. The van der Waals surface area contributed by atoms with Gasteiger partial charge in [0.15, 0.2) is 5.82 Å². The molecule has 0 N–H and O–H groups in total. The van der Waals surface area contributed by atoms with Crippen molar-refractivity contribution in [2.75, 3.05) is 13.6 Å². The minimum absolute atomic E-state index is 0.508. The summed E-state index contributed by atoms with van der Waals surface area (Å²) in [6.45, 7) is 1.65. The van der Waals surface area contributed by atoms with E-state index in [0.717, 1.165) is 37.0 Å². The van der Waals surface area contributed by atoms with E-state index in [2.05, 4.69) is 31.6 Å². The second-order valence-corrected chi connectivity index (χ2v) is 5.62. The lowest BCUT2D eigenvalue weighted by Gasteiger charge is -2.20. The van der Waals surface area contributed by atoms with Crippen molar-refractivity contribution in [2.45, 2.75) is 38.1 Å². The third-order valence-electron chi connectivity index (χ3n) is 3.99. The van der Waals surface area contributed by atoms with Gasteiger partial charge in [0, 0.05) is 38.3 Å². The first-order valence-corrected chi connectivity index (χ1v) is 7.19. The van der Waals surface area contributed by atoms with Gasteiger partial charge in [-0.05, 0) is 19.9 Å². The molecule has 6 nitrogen and oxygen atoms in total. The minimum atomic E-state index is 0.508. The summed E-state index contributed by atoms with van der Waals surface area (Å²) < 4.78 is 7.39. The smallest absolute Gasteiger partial charge is 0.229 e. The number of aromatic nitrogens is 4. The number of hydrogen-bond acceptors (Lipinski definition) is 5. The summed E-state index contributed by atoms with van der Waals surface area (Å²) in [7, 11) is 4.09. The van der Waals surface area contributed by atoms with Crippen molar-refractivity contribution in [1.29, 1.82) is 0 Å². The van der Waals surface area contributed by atoms with Crippen molar-refractivity contribution in [3.05, 3.63) is 29.9 Å². The van der Waals surface area contributed by atoms with Crippen molar-refractivity contribution >= 4 is 0 Å². The van der Waals surface area contributed by atoms with Crippen LogP contribution >= 0.6 is 0 Å². The summed E-state index contributed by atoms with van der Waals surface area (Å²) in [5, 5.41) is 4.07. The Kier molecular flexibility index (Phi) is 3.82. The highest BCUT2D eigenvalue weighted by atomic mass is 16.5. The second-order valence-electron chi connectivity index (χ2n) is 5.62. The fourth-order valence-electron chi connectivity index (χ4n) is 2.40. The molecule has 3 rings (SSSR count). The van der Waals surface area contributed by atoms with Crippen LogP contribution in [0.25, 0.3) is 0 Å². The minimum Gasteiger partial charge on any atom is -0.339 e. The summed E-state index contributed by atoms with van der Waals surface area (Å²) in [5.74, 6) is 3.22. The van der Waals surface area contributed by atoms with Crippen molar-refractivity contribution in [1.82, 2.24) is 24.6 Å². The van der Waals surface area contributed by atoms with Crippen LogP contribution in [0, 0.1) is 0 Å². The molecule has 20 heavy (non-hydrogen) atoms. The van der Waals surface area contributed by atoms with Gasteiger partial charge in [0.2, 0.25) is 5.89 Å². The van der Waals surface area contributed by atoms with E-state index in [0.29, 0.717) is 5.92 Å². The molecule has 6 heteroatoms. The van der Waals surface area contributed by atoms with Gasteiger partial charge in [0.05, 0.1) is 6.54 Å². The van der Waals surface area contributed by atoms with Crippen LogP contribution in [0.3, 0.4) is 0 Å². The van der Waals surface area contributed by atoms with Gasteiger partial charge in [0.1, 0.15) is 5.82 Å². The van der Waals surface area contributed by atoms with Gasteiger partial charge in [-0.2, -0.15) is 4.98 Å². The standard InChI is InChI=1S/C14H21N5O/c1-18(8-6-13-15-7-9-19(13)2)10-12-16-14(20-17-12)11-4-3-5-11/h7,9,11H,3-6,8,10H2,1-2H3. The van der Waals surface area contributed by atoms with E-state index >= 15 is 0 Å². The first-order chi connectivity index (χ1) is 9.72. The van der Waals surface area contributed by atoms with E-state index in [-0.39, 0.29) is 0 Å². The van der Waals surface area contributed by atoms with Gasteiger partial charge >= 0.3 is 0 Å². The van der Waals surface area contributed by atoms with Crippen molar-refractivity contribution in [3.63, 3.8) is 0 Å². The Hall–Kier alpha value is -1.69. The predicted molar refractivity (Wildman–Crippen MR) is 74.1 cm³/mol. The Bertz CT molecular complexity index is 557. The highest BCUT2D eigenvalue weighted by Crippen LogP contribution is 2.35. The molecule has 0 radical (unpaired) electrons. The molecule has 0 aliphatic heterocycles. The van der Waals surface area contributed by atoms with Gasteiger partial charge < -0.3 is 9.09 Å². The molecule has 1 aliphatic rings. The largest absolute Gasteiger partial charge is 0.339 e. The Morgan fingerprint density at radius 1 is 1.45 bits per heavy atom. The average Bonchev–Trinajstić information content (AvgIpc) is 2.94. The monoisotopic (exact) mass is 275 g/mol. The lowest BCUT2D eigenvalue weighted by molar-refractivity contribution is 0.283. The van der Waals surface area contributed by atoms with Crippen LogP contribution in [-0.2, 0) is 20.0 Å². The Morgan fingerprint density at radius 3 is 2.95 bits per heavy atom. The maximum absolute atomic E-state index is 5.33. The number of imidazole rings is 1. The molecule has 0 amide bonds. The number of likely N-dealkylation sites (N-methyl/N-ethyl adjacent to an activating group) is 1. The van der Waals surface area contributed by atoms with Crippen molar-refractivity contribution < 1.29 is 4.52 Å². The van der Waals surface area contributed by atoms with Crippen LogP contribution in [0.4, 0.5) is 0 Å². The number of rotatable bonds is 6. The lowest BCUT2D eigenvalue weighted by atomic mass is 9.85. The van der Waals surface area contributed by atoms with Crippen molar-refractivity contribution in [2.24, 2.45) is 7.05 Å². The fraction of sp³-hybridized carbons (Fsp3) is 0.643. The number of aryl methyl sites for hydroxylation is 1. The maximum Gasteiger partial charge on any atom is 0.229 e. The highest BCUT2D eigenvalue weighted by Gasteiger charge is 2.25. The zero-order chi connectivity index (χ0) is 13.9. The molecule has 0 unspecified atom stereocenters. The summed E-state index contributed by atoms with van der Waals surface area (Å²) >= 11 is 0. The Balaban J connectivity index is 1.49. The quantitative estimate of drug-likeness (QED) is 0.803. The topological polar surface area (TPSA) is 60.0 Å².